The second-order valence-electron chi connectivity index (χ2n) is 6.09. The lowest BCUT2D eigenvalue weighted by atomic mass is 10.1. The van der Waals surface area contributed by atoms with E-state index in [4.69, 9.17) is 9.47 Å². The van der Waals surface area contributed by atoms with Crippen molar-refractivity contribution in [3.63, 3.8) is 0 Å². The molecule has 0 saturated carbocycles. The van der Waals surface area contributed by atoms with Crippen molar-refractivity contribution in [1.82, 2.24) is 9.55 Å². The van der Waals surface area contributed by atoms with Gasteiger partial charge in [0, 0.05) is 7.11 Å². The number of aliphatic hydroxyl groups excluding tert-OH is 2. The lowest BCUT2D eigenvalue weighted by molar-refractivity contribution is -0.0640. The summed E-state index contributed by atoms with van der Waals surface area (Å²) in [5, 5.41) is 22.8. The molecule has 0 spiro atoms. The van der Waals surface area contributed by atoms with Gasteiger partial charge in [0.15, 0.2) is 17.4 Å². The zero-order chi connectivity index (χ0) is 18.4. The van der Waals surface area contributed by atoms with Crippen molar-refractivity contribution in [2.45, 2.75) is 24.5 Å². The number of nitrogens with one attached hydrogen (secondary N) is 1. The van der Waals surface area contributed by atoms with Crippen molar-refractivity contribution in [2.24, 2.45) is 4.99 Å². The number of aromatic nitrogens is 2. The van der Waals surface area contributed by atoms with E-state index >= 15 is 0 Å². The van der Waals surface area contributed by atoms with Gasteiger partial charge in [-0.05, 0) is 12.1 Å². The maximum absolute atomic E-state index is 13.1. The molecule has 0 amide bonds. The van der Waals surface area contributed by atoms with Gasteiger partial charge in [-0.3, -0.25) is 9.36 Å². The number of methoxy groups -OCH3 is 1. The van der Waals surface area contributed by atoms with Gasteiger partial charge in [-0.1, -0.05) is 18.7 Å². The molecule has 2 aromatic rings. The van der Waals surface area contributed by atoms with E-state index in [0.29, 0.717) is 11.5 Å². The van der Waals surface area contributed by atoms with Crippen molar-refractivity contribution >= 4 is 23.8 Å². The first-order valence-corrected chi connectivity index (χ1v) is 8.08. The van der Waals surface area contributed by atoms with Gasteiger partial charge < -0.3 is 25.0 Å². The number of ether oxygens (including phenoxy) is 2. The Kier molecular flexibility index (Phi) is 4.08. The fraction of sp³-hybridized carbons (Fsp3) is 0.353. The Morgan fingerprint density at radius 2 is 2.19 bits per heavy atom. The third kappa shape index (κ3) is 2.44. The van der Waals surface area contributed by atoms with Crippen molar-refractivity contribution in [3.8, 4) is 0 Å². The fourth-order valence-electron chi connectivity index (χ4n) is 3.28. The third-order valence-electron chi connectivity index (χ3n) is 4.57. The third-order valence-corrected chi connectivity index (χ3v) is 4.57. The maximum Gasteiger partial charge on any atom is 0.284 e. The average molecular weight is 358 g/mol. The number of rotatable bonds is 3. The van der Waals surface area contributed by atoms with E-state index in [2.05, 4.69) is 21.9 Å². The Morgan fingerprint density at radius 1 is 1.42 bits per heavy atom. The highest BCUT2D eigenvalue weighted by molar-refractivity contribution is 5.72. The topological polar surface area (TPSA) is 118 Å². The van der Waals surface area contributed by atoms with Gasteiger partial charge in [0.1, 0.15) is 23.8 Å². The molecule has 2 unspecified atom stereocenters. The first-order valence-electron chi connectivity index (χ1n) is 8.08. The molecule has 2 aliphatic rings. The Morgan fingerprint density at radius 3 is 2.92 bits per heavy atom. The Balaban J connectivity index is 1.89. The second kappa shape index (κ2) is 6.29. The van der Waals surface area contributed by atoms with E-state index in [1.54, 1.807) is 6.07 Å². The Hall–Kier alpha value is -2.59. The molecular formula is C17H18N4O5. The minimum atomic E-state index is -1.09. The number of nitrogens with zero attached hydrogens (tertiary/aromatic N) is 3. The summed E-state index contributed by atoms with van der Waals surface area (Å²) in [5.74, 6) is 0.307. The summed E-state index contributed by atoms with van der Waals surface area (Å²) in [4.78, 5) is 21.8. The minimum Gasteiger partial charge on any atom is -0.394 e. The predicted octanol–water partition coefficient (Wildman–Crippen LogP) is -1.07. The molecule has 3 N–H and O–H groups in total. The quantitative estimate of drug-likeness (QED) is 0.545. The van der Waals surface area contributed by atoms with Gasteiger partial charge in [0.05, 0.1) is 18.0 Å². The average Bonchev–Trinajstić information content (AvgIpc) is 2.95. The van der Waals surface area contributed by atoms with E-state index in [1.807, 2.05) is 18.2 Å². The molecule has 3 heterocycles. The first-order chi connectivity index (χ1) is 12.5. The van der Waals surface area contributed by atoms with Gasteiger partial charge in [-0.2, -0.15) is 0 Å². The molecule has 26 heavy (non-hydrogen) atoms. The monoisotopic (exact) mass is 358 g/mol. The fourth-order valence-corrected chi connectivity index (χ4v) is 3.28. The molecule has 4 rings (SSSR count). The summed E-state index contributed by atoms with van der Waals surface area (Å²) >= 11 is 0. The zero-order valence-electron chi connectivity index (χ0n) is 14.0. The molecule has 9 nitrogen and oxygen atoms in total. The van der Waals surface area contributed by atoms with Gasteiger partial charge in [-0.15, -0.1) is 0 Å². The van der Waals surface area contributed by atoms with Gasteiger partial charge >= 0.3 is 0 Å². The highest BCUT2D eigenvalue weighted by Crippen LogP contribution is 2.30. The summed E-state index contributed by atoms with van der Waals surface area (Å²) in [7, 11) is 1.39. The number of aliphatic hydroxyl groups is 2. The van der Waals surface area contributed by atoms with E-state index in [1.165, 1.54) is 11.7 Å². The number of hydrogen-bond acceptors (Lipinski definition) is 8. The molecule has 4 atom stereocenters. The van der Waals surface area contributed by atoms with E-state index in [-0.39, 0.29) is 10.8 Å². The lowest BCUT2D eigenvalue weighted by Gasteiger charge is -2.22. The van der Waals surface area contributed by atoms with Crippen LogP contribution in [0.15, 0.2) is 34.1 Å². The number of fused-ring (bicyclic) bond motifs is 2. The van der Waals surface area contributed by atoms with Crippen LogP contribution in [0.4, 0.5) is 17.2 Å². The normalized spacial score (nSPS) is 26.6. The van der Waals surface area contributed by atoms with Crippen LogP contribution >= 0.6 is 0 Å². The molecule has 0 radical (unpaired) electrons. The number of hydrogen-bond donors (Lipinski definition) is 3. The smallest absolute Gasteiger partial charge is 0.284 e. The molecule has 1 aromatic heterocycles. The highest BCUT2D eigenvalue weighted by Gasteiger charge is 2.45. The van der Waals surface area contributed by atoms with Crippen LogP contribution in [0.2, 0.25) is 0 Å². The van der Waals surface area contributed by atoms with Crippen LogP contribution in [-0.4, -0.2) is 51.8 Å². The second-order valence-corrected chi connectivity index (χ2v) is 6.09. The van der Waals surface area contributed by atoms with E-state index in [0.717, 1.165) is 5.69 Å². The Bertz CT molecular complexity index is 1020. The Labute approximate surface area is 147 Å². The molecule has 0 bridgehead atoms. The van der Waals surface area contributed by atoms with E-state index in [9.17, 15) is 15.0 Å². The van der Waals surface area contributed by atoms with Crippen LogP contribution in [0.3, 0.4) is 0 Å². The summed E-state index contributed by atoms with van der Waals surface area (Å²) in [6.45, 7) is 3.42. The number of benzene rings is 1. The minimum absolute atomic E-state index is 0.122. The summed E-state index contributed by atoms with van der Waals surface area (Å²) in [5.41, 5.74) is 1.02. The van der Waals surface area contributed by atoms with Gasteiger partial charge in [0.25, 0.3) is 5.56 Å². The van der Waals surface area contributed by atoms with Crippen molar-refractivity contribution in [1.29, 1.82) is 0 Å². The molecular weight excluding hydrogens is 340 g/mol. The van der Waals surface area contributed by atoms with Crippen molar-refractivity contribution in [2.75, 3.05) is 19.0 Å². The molecule has 136 valence electrons. The van der Waals surface area contributed by atoms with Crippen LogP contribution in [0.5, 0.6) is 0 Å². The molecule has 9 heteroatoms. The SMILES string of the molecule is C=c1nc2c(c(=O)n1[C@@H]1O[C@H](CO)C(O)C1OC)=Nc1ccccc1N2. The van der Waals surface area contributed by atoms with Crippen LogP contribution in [0, 0.1) is 0 Å². The number of anilines is 2. The van der Waals surface area contributed by atoms with Crippen molar-refractivity contribution in [3.05, 3.63) is 45.5 Å². The summed E-state index contributed by atoms with van der Waals surface area (Å²) < 4.78 is 12.1. The molecule has 1 aromatic carbocycles. The van der Waals surface area contributed by atoms with Crippen LogP contribution in [0.25, 0.3) is 6.58 Å². The largest absolute Gasteiger partial charge is 0.394 e. The molecule has 0 aliphatic carbocycles. The number of para-hydroxylation sites is 2. The van der Waals surface area contributed by atoms with Crippen molar-refractivity contribution < 1.29 is 19.7 Å². The van der Waals surface area contributed by atoms with Crippen LogP contribution in [0.1, 0.15) is 6.23 Å². The summed E-state index contributed by atoms with van der Waals surface area (Å²) in [6, 6.07) is 7.29. The van der Waals surface area contributed by atoms with Crippen LogP contribution < -0.4 is 21.7 Å². The molecule has 2 aliphatic heterocycles. The zero-order valence-corrected chi connectivity index (χ0v) is 14.0. The molecule has 1 fully saturated rings. The highest BCUT2D eigenvalue weighted by atomic mass is 16.6. The van der Waals surface area contributed by atoms with E-state index < -0.39 is 36.7 Å². The summed E-state index contributed by atoms with van der Waals surface area (Å²) in [6.07, 6.45) is -3.79. The van der Waals surface area contributed by atoms with Gasteiger partial charge in [0.2, 0.25) is 0 Å². The lowest BCUT2D eigenvalue weighted by Crippen LogP contribution is -2.50. The van der Waals surface area contributed by atoms with Gasteiger partial charge in [-0.25, -0.2) is 9.98 Å². The predicted molar refractivity (Wildman–Crippen MR) is 92.0 cm³/mol. The van der Waals surface area contributed by atoms with Crippen LogP contribution in [-0.2, 0) is 9.47 Å². The molecule has 1 saturated heterocycles. The standard InChI is InChI=1S/C17H18N4O5/c1-8-18-15-12(19-9-5-3-4-6-10(9)20-15)16(24)21(8)17-14(25-2)13(23)11(7-22)26-17/h3-6,11,13-14,17,22-23H,1,7H2,2H3,(H,18,20)/t11-,13?,14?,17-/m1/s1. The first kappa shape index (κ1) is 16.9. The maximum atomic E-state index is 13.1.